The molecule has 18 heteroatoms. The van der Waals surface area contributed by atoms with Crippen LogP contribution in [-0.4, -0.2) is 174 Å². The molecule has 1 N–H and O–H groups in total. The van der Waals surface area contributed by atoms with E-state index in [1.807, 2.05) is 77.9 Å². The molecule has 4 aromatic rings. The molecule has 394 valence electrons. The Morgan fingerprint density at radius 1 is 0.521 bits per heavy atom. The van der Waals surface area contributed by atoms with Gasteiger partial charge >= 0.3 is 23.9 Å². The van der Waals surface area contributed by atoms with Gasteiger partial charge in [0.2, 0.25) is 0 Å². The van der Waals surface area contributed by atoms with E-state index < -0.39 is 34.8 Å². The molecule has 0 aromatic heterocycles. The van der Waals surface area contributed by atoms with Crippen molar-refractivity contribution < 1.29 is 56.7 Å². The molecule has 0 unspecified atom stereocenters. The molecular weight excluding hydrogens is 943 g/mol. The normalized spacial score (nSPS) is 19.1. The molecule has 16 nitrogen and oxygen atoms in total. The van der Waals surface area contributed by atoms with Gasteiger partial charge in [-0.1, -0.05) is 0 Å². The van der Waals surface area contributed by atoms with Crippen molar-refractivity contribution in [1.29, 1.82) is 0 Å². The van der Waals surface area contributed by atoms with Crippen molar-refractivity contribution in [1.82, 2.24) is 9.80 Å². The van der Waals surface area contributed by atoms with Gasteiger partial charge in [-0.3, -0.25) is 9.80 Å². The summed E-state index contributed by atoms with van der Waals surface area (Å²) >= 11 is 0. The third kappa shape index (κ3) is 15.4. The fourth-order valence-electron chi connectivity index (χ4n) is 9.22. The number of piperazine rings is 2. The number of benzene rings is 4. The van der Waals surface area contributed by atoms with Crippen LogP contribution in [0.3, 0.4) is 0 Å². The number of hydrogen-bond acceptors (Lipinski definition) is 15. The van der Waals surface area contributed by atoms with Gasteiger partial charge in [0.25, 0.3) is 0 Å². The largest absolute Gasteiger partial charge is 0.478 e. The number of anilines is 4. The zero-order valence-corrected chi connectivity index (χ0v) is 43.1. The van der Waals surface area contributed by atoms with Gasteiger partial charge in [-0.05, 0) is 126 Å². The molecular formula is C55H70F2N6O10. The van der Waals surface area contributed by atoms with E-state index in [9.17, 15) is 28.0 Å². The number of nitrogens with zero attached hydrogens (tertiary/aromatic N) is 6. The number of hydrogen-bond donors (Lipinski definition) is 1. The molecule has 0 spiro atoms. The van der Waals surface area contributed by atoms with Crippen molar-refractivity contribution in [3.63, 3.8) is 0 Å². The maximum Gasteiger partial charge on any atom is 0.340 e. The van der Waals surface area contributed by atoms with Gasteiger partial charge in [0.1, 0.15) is 22.8 Å². The van der Waals surface area contributed by atoms with Gasteiger partial charge in [-0.25, -0.2) is 28.0 Å². The molecule has 4 heterocycles. The van der Waals surface area contributed by atoms with Crippen molar-refractivity contribution in [3.05, 3.63) is 119 Å². The fraction of sp³-hybridized carbons (Fsp3) is 0.491. The lowest BCUT2D eigenvalue weighted by Crippen LogP contribution is -2.52. The van der Waals surface area contributed by atoms with E-state index in [-0.39, 0.29) is 35.3 Å². The van der Waals surface area contributed by atoms with Gasteiger partial charge in [-0.15, -0.1) is 0 Å². The molecule has 4 aliphatic rings. The zero-order chi connectivity index (χ0) is 52.5. The minimum atomic E-state index is -1.26. The first-order chi connectivity index (χ1) is 34.7. The first-order valence-corrected chi connectivity index (χ1v) is 25.0. The van der Waals surface area contributed by atoms with Gasteiger partial charge < -0.3 is 48.4 Å². The Bertz CT molecular complexity index is 2520. The number of halogens is 2. The molecule has 73 heavy (non-hydrogen) atoms. The Labute approximate surface area is 427 Å². The maximum atomic E-state index is 14.3. The number of carbonyl (C=O) groups is 4. The lowest BCUT2D eigenvalue weighted by molar-refractivity contribution is 0.00569. The minimum absolute atomic E-state index is 0.0524. The Kier molecular flexibility index (Phi) is 18.0. The Hall–Kier alpha value is -6.34. The SMILES string of the molecule is CC(C)(C)OC(=O)c1ccc(N2CCO[C@H](CN3CCN(c4ccc(C(=O)O)c(F)c4)CC3)C2)cc1.COC(=O)c1ccc(N2CCN(C[C@@H]3CN(c4ccc(C(=O)OC(C)(C)C)cc4)CCO3)CC2)cc1F. The number of rotatable bonds is 12. The summed E-state index contributed by atoms with van der Waals surface area (Å²) in [6.07, 6.45) is 0.130. The van der Waals surface area contributed by atoms with Gasteiger partial charge in [-0.2, -0.15) is 0 Å². The van der Waals surface area contributed by atoms with E-state index in [0.29, 0.717) is 30.0 Å². The van der Waals surface area contributed by atoms with Crippen LogP contribution in [0.1, 0.15) is 83.0 Å². The van der Waals surface area contributed by atoms with Crippen LogP contribution in [0.15, 0.2) is 84.9 Å². The first kappa shape index (κ1) is 54.4. The van der Waals surface area contributed by atoms with Crippen LogP contribution >= 0.6 is 0 Å². The molecule has 0 bridgehead atoms. The number of esters is 3. The smallest absolute Gasteiger partial charge is 0.340 e. The van der Waals surface area contributed by atoms with Gasteiger partial charge in [0.15, 0.2) is 0 Å². The molecule has 0 aliphatic carbocycles. The van der Waals surface area contributed by atoms with E-state index in [0.717, 1.165) is 109 Å². The highest BCUT2D eigenvalue weighted by molar-refractivity contribution is 5.91. The van der Waals surface area contributed by atoms with Crippen LogP contribution in [0.25, 0.3) is 0 Å². The molecule has 8 rings (SSSR count). The quantitative estimate of drug-likeness (QED) is 0.113. The zero-order valence-electron chi connectivity index (χ0n) is 43.1. The van der Waals surface area contributed by atoms with Crippen LogP contribution < -0.4 is 19.6 Å². The Morgan fingerprint density at radius 3 is 1.23 bits per heavy atom. The van der Waals surface area contributed by atoms with Crippen molar-refractivity contribution in [2.45, 2.75) is 65.0 Å². The fourth-order valence-corrected chi connectivity index (χ4v) is 9.22. The predicted molar refractivity (Wildman–Crippen MR) is 276 cm³/mol. The van der Waals surface area contributed by atoms with Crippen LogP contribution in [-0.2, 0) is 23.7 Å². The van der Waals surface area contributed by atoms with E-state index in [4.69, 9.17) is 24.1 Å². The highest BCUT2D eigenvalue weighted by Crippen LogP contribution is 2.26. The number of carboxylic acids is 1. The number of carbonyl (C=O) groups excluding carboxylic acids is 3. The molecule has 2 atom stereocenters. The van der Waals surface area contributed by atoms with Crippen molar-refractivity contribution >= 4 is 46.6 Å². The Morgan fingerprint density at radius 2 is 0.890 bits per heavy atom. The molecule has 4 aliphatic heterocycles. The Balaban J connectivity index is 0.000000214. The average Bonchev–Trinajstić information content (AvgIpc) is 3.36. The van der Waals surface area contributed by atoms with Crippen LogP contribution in [0.2, 0.25) is 0 Å². The summed E-state index contributed by atoms with van der Waals surface area (Å²) in [5.41, 5.74) is 3.24. The van der Waals surface area contributed by atoms with Crippen LogP contribution in [0, 0.1) is 11.6 Å². The van der Waals surface area contributed by atoms with E-state index in [1.165, 1.54) is 31.4 Å². The van der Waals surface area contributed by atoms with E-state index >= 15 is 0 Å². The molecule has 4 aromatic carbocycles. The monoisotopic (exact) mass is 1010 g/mol. The number of aromatic carboxylic acids is 1. The van der Waals surface area contributed by atoms with E-state index in [1.54, 1.807) is 24.3 Å². The van der Waals surface area contributed by atoms with Crippen molar-refractivity contribution in [2.75, 3.05) is 132 Å². The topological polar surface area (TPSA) is 154 Å². The van der Waals surface area contributed by atoms with Gasteiger partial charge in [0.05, 0.1) is 54.8 Å². The maximum absolute atomic E-state index is 14.3. The second kappa shape index (κ2) is 24.1. The lowest BCUT2D eigenvalue weighted by Gasteiger charge is -2.40. The third-order valence-electron chi connectivity index (χ3n) is 13.0. The second-order valence-electron chi connectivity index (χ2n) is 20.7. The van der Waals surface area contributed by atoms with Gasteiger partial charge in [0, 0.05) is 114 Å². The summed E-state index contributed by atoms with van der Waals surface area (Å²) in [5, 5.41) is 9.03. The van der Waals surface area contributed by atoms with Crippen molar-refractivity contribution in [3.8, 4) is 0 Å². The van der Waals surface area contributed by atoms with Crippen LogP contribution in [0.5, 0.6) is 0 Å². The molecule has 4 saturated heterocycles. The number of carboxylic acid groups (broad SMARTS) is 1. The van der Waals surface area contributed by atoms with Crippen LogP contribution in [0.4, 0.5) is 31.5 Å². The average molecular weight is 1010 g/mol. The summed E-state index contributed by atoms with van der Waals surface area (Å²) in [6.45, 7) is 23.4. The summed E-state index contributed by atoms with van der Waals surface area (Å²) in [6, 6.07) is 24.0. The predicted octanol–water partition coefficient (Wildman–Crippen LogP) is 7.10. The lowest BCUT2D eigenvalue weighted by atomic mass is 10.1. The van der Waals surface area contributed by atoms with Crippen molar-refractivity contribution in [2.24, 2.45) is 0 Å². The molecule has 4 fully saturated rings. The summed E-state index contributed by atoms with van der Waals surface area (Å²) in [5.74, 6) is -3.86. The molecule has 0 saturated carbocycles. The highest BCUT2D eigenvalue weighted by Gasteiger charge is 2.29. The number of ether oxygens (including phenoxy) is 5. The van der Waals surface area contributed by atoms with E-state index in [2.05, 4.69) is 34.1 Å². The molecule has 0 amide bonds. The minimum Gasteiger partial charge on any atom is -0.478 e. The highest BCUT2D eigenvalue weighted by atomic mass is 19.1. The number of morpholine rings is 2. The summed E-state index contributed by atoms with van der Waals surface area (Å²) in [7, 11) is 1.24. The second-order valence-corrected chi connectivity index (χ2v) is 20.7. The number of methoxy groups -OCH3 is 1. The summed E-state index contributed by atoms with van der Waals surface area (Å²) in [4.78, 5) is 60.8. The third-order valence-corrected chi connectivity index (χ3v) is 13.0. The first-order valence-electron chi connectivity index (χ1n) is 25.0. The standard InChI is InChI=1S/C28H36FN3O5.C27H34FN3O5/c1-28(2,3)37-26(33)20-5-7-21(8-6-20)32-15-16-36-23(19-32)18-30-11-13-31(14-12-30)22-9-10-24(25(29)17-22)27(34)35-4;1-27(2,3)36-26(34)19-4-6-20(7-5-19)31-14-15-35-22(18-31)17-29-10-12-30(13-11-29)21-8-9-23(25(32)33)24(28)16-21/h5-10,17,23H,11-16,18-19H2,1-4H3;4-9,16,22H,10-15,17-18H2,1-3H3,(H,32,33)/t23-;22-/m11/s1. The molecule has 0 radical (unpaired) electrons. The summed E-state index contributed by atoms with van der Waals surface area (Å²) < 4.78 is 56.0.